The summed E-state index contributed by atoms with van der Waals surface area (Å²) >= 11 is 0. The van der Waals surface area contributed by atoms with Gasteiger partial charge in [-0.1, -0.05) is 70.9 Å². The molecule has 322 valence electrons. The van der Waals surface area contributed by atoms with Crippen LogP contribution in [-0.4, -0.2) is 193 Å². The number of aliphatic hydroxyl groups excluding tert-OH is 11. The van der Waals surface area contributed by atoms with E-state index in [4.69, 9.17) is 28.4 Å². The standard InChI is InChI=1S/C36H65NO18/c1-3-5-7-8-9-10-12-14-24(42)37-19(20(41)13-11-6-4-2)18-50-34-30(48)27(45)32(22(16-39)52-34)55-36-31(49)28(46)33(23(17-40)53-36)54-35-29(47)26(44)25(43)21(15-38)51-35/h11,13,19-23,25-36,38-41,43-49H,3-10,12,14-18H2,1-2H3,(H,37,42)/b13-11+. The van der Waals surface area contributed by atoms with E-state index in [1.165, 1.54) is 12.5 Å². The molecule has 17 atom stereocenters. The zero-order valence-corrected chi connectivity index (χ0v) is 31.6. The van der Waals surface area contributed by atoms with Crippen LogP contribution in [0.3, 0.4) is 0 Å². The molecule has 12 N–H and O–H groups in total. The van der Waals surface area contributed by atoms with Crippen molar-refractivity contribution in [2.75, 3.05) is 26.4 Å². The summed E-state index contributed by atoms with van der Waals surface area (Å²) in [6.07, 6.45) is -14.5. The van der Waals surface area contributed by atoms with E-state index in [1.807, 2.05) is 6.92 Å². The number of nitrogens with one attached hydrogen (secondary N) is 1. The van der Waals surface area contributed by atoms with Crippen molar-refractivity contribution in [2.24, 2.45) is 0 Å². The van der Waals surface area contributed by atoms with Gasteiger partial charge in [-0.25, -0.2) is 0 Å². The first-order valence-corrected chi connectivity index (χ1v) is 19.4. The van der Waals surface area contributed by atoms with E-state index in [9.17, 15) is 61.0 Å². The highest BCUT2D eigenvalue weighted by atomic mass is 16.8. The molecule has 17 unspecified atom stereocenters. The fraction of sp³-hybridized carbons (Fsp3) is 0.917. The van der Waals surface area contributed by atoms with E-state index in [0.29, 0.717) is 12.8 Å². The topological polar surface area (TPSA) is 307 Å². The Morgan fingerprint density at radius 3 is 1.67 bits per heavy atom. The average Bonchev–Trinajstić information content (AvgIpc) is 3.17. The first-order chi connectivity index (χ1) is 26.3. The van der Waals surface area contributed by atoms with E-state index in [2.05, 4.69) is 12.2 Å². The number of amides is 1. The number of allylic oxidation sites excluding steroid dienone is 1. The maximum Gasteiger partial charge on any atom is 0.220 e. The van der Waals surface area contributed by atoms with Crippen LogP contribution in [0.1, 0.15) is 78.1 Å². The number of ether oxygens (including phenoxy) is 6. The maximum atomic E-state index is 12.8. The molecule has 3 aliphatic heterocycles. The van der Waals surface area contributed by atoms with E-state index in [0.717, 1.165) is 38.5 Å². The first-order valence-electron chi connectivity index (χ1n) is 19.4. The number of hydrogen-bond donors (Lipinski definition) is 12. The zero-order chi connectivity index (χ0) is 40.7. The highest BCUT2D eigenvalue weighted by Gasteiger charge is 2.53. The van der Waals surface area contributed by atoms with Crippen LogP contribution < -0.4 is 5.32 Å². The van der Waals surface area contributed by atoms with Crippen LogP contribution in [0.4, 0.5) is 0 Å². The van der Waals surface area contributed by atoms with Crippen molar-refractivity contribution in [3.05, 3.63) is 12.2 Å². The van der Waals surface area contributed by atoms with Gasteiger partial charge in [-0.05, 0) is 12.8 Å². The summed E-state index contributed by atoms with van der Waals surface area (Å²) in [6, 6.07) is -0.958. The molecule has 3 rings (SSSR count). The number of unbranched alkanes of at least 4 members (excludes halogenated alkanes) is 7. The van der Waals surface area contributed by atoms with Gasteiger partial charge in [0.05, 0.1) is 38.6 Å². The number of carbonyl (C=O) groups excluding carboxylic acids is 1. The van der Waals surface area contributed by atoms with Crippen molar-refractivity contribution in [3.8, 4) is 0 Å². The van der Waals surface area contributed by atoms with Crippen molar-refractivity contribution in [1.29, 1.82) is 0 Å². The van der Waals surface area contributed by atoms with E-state index in [-0.39, 0.29) is 18.9 Å². The van der Waals surface area contributed by atoms with Gasteiger partial charge in [0, 0.05) is 6.42 Å². The lowest BCUT2D eigenvalue weighted by molar-refractivity contribution is -0.379. The molecule has 0 radical (unpaired) electrons. The van der Waals surface area contributed by atoms with Crippen LogP contribution >= 0.6 is 0 Å². The molecule has 0 saturated carbocycles. The van der Waals surface area contributed by atoms with Crippen molar-refractivity contribution >= 4 is 5.91 Å². The molecule has 19 heteroatoms. The van der Waals surface area contributed by atoms with Crippen molar-refractivity contribution < 1.29 is 89.4 Å². The minimum atomic E-state index is -1.97. The van der Waals surface area contributed by atoms with E-state index in [1.54, 1.807) is 6.08 Å². The number of rotatable bonds is 23. The third-order valence-corrected chi connectivity index (χ3v) is 10.1. The third-order valence-electron chi connectivity index (χ3n) is 10.1. The summed E-state index contributed by atoms with van der Waals surface area (Å²) in [5.41, 5.74) is 0. The first kappa shape index (κ1) is 47.9. The Hall–Kier alpha value is -1.47. The van der Waals surface area contributed by atoms with Crippen LogP contribution in [-0.2, 0) is 33.2 Å². The van der Waals surface area contributed by atoms with Crippen LogP contribution in [0, 0.1) is 0 Å². The van der Waals surface area contributed by atoms with Crippen LogP contribution in [0.2, 0.25) is 0 Å². The van der Waals surface area contributed by atoms with Crippen LogP contribution in [0.25, 0.3) is 0 Å². The SMILES string of the molecule is CCC/C=C/C(O)C(COC1OC(CO)C(OC2OC(CO)C(OC3OC(CO)C(O)C(O)C3O)C(O)C2O)C(O)C1O)NC(=O)CCCCCCCCC. The van der Waals surface area contributed by atoms with Gasteiger partial charge in [0.1, 0.15) is 73.2 Å². The van der Waals surface area contributed by atoms with Gasteiger partial charge in [-0.3, -0.25) is 4.79 Å². The number of aliphatic hydroxyl groups is 11. The summed E-state index contributed by atoms with van der Waals surface area (Å²) in [4.78, 5) is 12.8. The molecule has 0 aromatic carbocycles. The fourth-order valence-corrected chi connectivity index (χ4v) is 6.66. The van der Waals surface area contributed by atoms with Crippen molar-refractivity contribution in [1.82, 2.24) is 5.32 Å². The molecule has 0 spiro atoms. The van der Waals surface area contributed by atoms with Crippen LogP contribution in [0.15, 0.2) is 12.2 Å². The Kier molecular flexibility index (Phi) is 21.3. The van der Waals surface area contributed by atoms with Crippen molar-refractivity contribution in [2.45, 2.75) is 182 Å². The minimum Gasteiger partial charge on any atom is -0.394 e. The largest absolute Gasteiger partial charge is 0.394 e. The monoisotopic (exact) mass is 799 g/mol. The Balaban J connectivity index is 1.62. The molecule has 0 aromatic rings. The minimum absolute atomic E-state index is 0.240. The summed E-state index contributed by atoms with van der Waals surface area (Å²) in [7, 11) is 0. The summed E-state index contributed by atoms with van der Waals surface area (Å²) in [5, 5.41) is 118. The fourth-order valence-electron chi connectivity index (χ4n) is 6.66. The lowest BCUT2D eigenvalue weighted by atomic mass is 9.96. The van der Waals surface area contributed by atoms with Crippen molar-refractivity contribution in [3.63, 3.8) is 0 Å². The predicted molar refractivity (Wildman–Crippen MR) is 190 cm³/mol. The molecule has 19 nitrogen and oxygen atoms in total. The van der Waals surface area contributed by atoms with E-state index >= 15 is 0 Å². The lowest BCUT2D eigenvalue weighted by Gasteiger charge is -2.48. The predicted octanol–water partition coefficient (Wildman–Crippen LogP) is -3.21. The van der Waals surface area contributed by atoms with Gasteiger partial charge in [-0.2, -0.15) is 0 Å². The zero-order valence-electron chi connectivity index (χ0n) is 31.6. The Labute approximate surface area is 321 Å². The lowest BCUT2D eigenvalue weighted by Crippen LogP contribution is -2.66. The molecular formula is C36H65NO18. The van der Waals surface area contributed by atoms with Gasteiger partial charge >= 0.3 is 0 Å². The van der Waals surface area contributed by atoms with Gasteiger partial charge in [0.25, 0.3) is 0 Å². The van der Waals surface area contributed by atoms with Gasteiger partial charge in [0.15, 0.2) is 18.9 Å². The molecule has 55 heavy (non-hydrogen) atoms. The summed E-state index contributed by atoms with van der Waals surface area (Å²) in [6.45, 7) is 1.34. The molecule has 3 aliphatic rings. The van der Waals surface area contributed by atoms with E-state index < -0.39 is 124 Å². The molecule has 3 saturated heterocycles. The second-order valence-electron chi connectivity index (χ2n) is 14.4. The number of carbonyl (C=O) groups is 1. The molecule has 0 aromatic heterocycles. The average molecular weight is 800 g/mol. The molecular weight excluding hydrogens is 734 g/mol. The Bertz CT molecular complexity index is 1100. The second-order valence-corrected chi connectivity index (χ2v) is 14.4. The molecule has 1 amide bonds. The molecule has 3 heterocycles. The van der Waals surface area contributed by atoms with Gasteiger partial charge < -0.3 is 89.9 Å². The Morgan fingerprint density at radius 1 is 0.636 bits per heavy atom. The number of hydrogen-bond acceptors (Lipinski definition) is 18. The highest BCUT2D eigenvalue weighted by molar-refractivity contribution is 5.76. The molecule has 0 bridgehead atoms. The maximum absolute atomic E-state index is 12.8. The summed E-state index contributed by atoms with van der Waals surface area (Å²) in [5.74, 6) is -0.299. The van der Waals surface area contributed by atoms with Gasteiger partial charge in [0.2, 0.25) is 5.91 Å². The van der Waals surface area contributed by atoms with Crippen LogP contribution in [0.5, 0.6) is 0 Å². The smallest absolute Gasteiger partial charge is 0.220 e. The second kappa shape index (κ2) is 24.5. The Morgan fingerprint density at radius 2 is 1.13 bits per heavy atom. The highest BCUT2D eigenvalue weighted by Crippen LogP contribution is 2.32. The normalized spacial score (nSPS) is 38.2. The molecule has 3 fully saturated rings. The third kappa shape index (κ3) is 13.5. The quantitative estimate of drug-likeness (QED) is 0.0358. The molecule has 0 aliphatic carbocycles. The summed E-state index contributed by atoms with van der Waals surface area (Å²) < 4.78 is 33.6. The van der Waals surface area contributed by atoms with Gasteiger partial charge in [-0.15, -0.1) is 0 Å².